The van der Waals surface area contributed by atoms with Gasteiger partial charge in [-0.05, 0) is 50.1 Å². The number of amides is 2. The van der Waals surface area contributed by atoms with Gasteiger partial charge in [0.2, 0.25) is 5.91 Å². The zero-order chi connectivity index (χ0) is 21.6. The summed E-state index contributed by atoms with van der Waals surface area (Å²) in [5.41, 5.74) is 0.634. The van der Waals surface area contributed by atoms with Gasteiger partial charge in [-0.15, -0.1) is 0 Å². The van der Waals surface area contributed by atoms with Gasteiger partial charge >= 0.3 is 0 Å². The summed E-state index contributed by atoms with van der Waals surface area (Å²) in [5, 5.41) is 4.14. The van der Waals surface area contributed by atoms with Gasteiger partial charge in [-0.25, -0.2) is 4.39 Å². The Bertz CT molecular complexity index is 1160. The van der Waals surface area contributed by atoms with Gasteiger partial charge in [0.15, 0.2) is 0 Å². The lowest BCUT2D eigenvalue weighted by Gasteiger charge is -2.44. The van der Waals surface area contributed by atoms with Gasteiger partial charge in [0.05, 0.1) is 6.54 Å². The third-order valence-corrected chi connectivity index (χ3v) is 6.69. The largest absolute Gasteiger partial charge is 0.351 e. The number of hydrogen-bond acceptors (Lipinski definition) is 2. The number of rotatable bonds is 3. The lowest BCUT2D eigenvalue weighted by Crippen LogP contribution is -2.65. The summed E-state index contributed by atoms with van der Waals surface area (Å²) in [6, 6.07) is 15.7. The van der Waals surface area contributed by atoms with E-state index in [1.165, 1.54) is 23.5 Å². The molecule has 0 saturated heterocycles. The van der Waals surface area contributed by atoms with Crippen LogP contribution in [0.1, 0.15) is 49.5 Å². The minimum Gasteiger partial charge on any atom is -0.351 e. The highest BCUT2D eigenvalue weighted by Crippen LogP contribution is 2.36. The SMILES string of the molecule is C[C@]1(C(=O)NC2CCCCC2)Cn2c(cc3ccccc32)C(=O)N1c1cccc(F)c1. The number of nitrogens with zero attached hydrogens (tertiary/aromatic N) is 2. The average molecular weight is 420 g/mol. The molecular weight excluding hydrogens is 393 g/mol. The molecule has 0 radical (unpaired) electrons. The zero-order valence-corrected chi connectivity index (χ0v) is 17.6. The van der Waals surface area contributed by atoms with Crippen molar-refractivity contribution in [2.75, 3.05) is 4.90 Å². The van der Waals surface area contributed by atoms with Crippen LogP contribution in [-0.2, 0) is 11.3 Å². The molecule has 3 aromatic rings. The van der Waals surface area contributed by atoms with Crippen LogP contribution in [-0.4, -0.2) is 28.0 Å². The molecule has 1 atom stereocenters. The van der Waals surface area contributed by atoms with Crippen molar-refractivity contribution < 1.29 is 14.0 Å². The van der Waals surface area contributed by atoms with Gasteiger partial charge in [-0.2, -0.15) is 0 Å². The van der Waals surface area contributed by atoms with Gasteiger partial charge in [0.25, 0.3) is 5.91 Å². The Labute approximate surface area is 180 Å². The molecule has 5 rings (SSSR count). The van der Waals surface area contributed by atoms with E-state index in [0.717, 1.165) is 36.6 Å². The Morgan fingerprint density at radius 3 is 2.61 bits per heavy atom. The molecule has 6 heteroatoms. The summed E-state index contributed by atoms with van der Waals surface area (Å²) in [6.45, 7) is 2.09. The highest BCUT2D eigenvalue weighted by Gasteiger charge is 2.49. The maximum absolute atomic E-state index is 14.1. The maximum atomic E-state index is 14.1. The number of aromatic nitrogens is 1. The molecule has 2 heterocycles. The molecule has 1 N–H and O–H groups in total. The first-order valence-electron chi connectivity index (χ1n) is 11.0. The minimum absolute atomic E-state index is 0.116. The summed E-state index contributed by atoms with van der Waals surface area (Å²) in [7, 11) is 0. The molecule has 0 spiro atoms. The van der Waals surface area contributed by atoms with E-state index < -0.39 is 11.4 Å². The fourth-order valence-corrected chi connectivity index (χ4v) is 5.05. The molecule has 2 amide bonds. The quantitative estimate of drug-likeness (QED) is 0.672. The first-order chi connectivity index (χ1) is 15.0. The molecule has 160 valence electrons. The van der Waals surface area contributed by atoms with E-state index in [4.69, 9.17) is 0 Å². The molecular formula is C25H26FN3O2. The third kappa shape index (κ3) is 3.30. The normalized spacial score (nSPS) is 21.9. The van der Waals surface area contributed by atoms with Crippen molar-refractivity contribution >= 4 is 28.4 Å². The smallest absolute Gasteiger partial charge is 0.275 e. The number of fused-ring (bicyclic) bond motifs is 3. The number of para-hydroxylation sites is 1. The van der Waals surface area contributed by atoms with Crippen LogP contribution in [0, 0.1) is 5.82 Å². The van der Waals surface area contributed by atoms with Crippen LogP contribution in [0.2, 0.25) is 0 Å². The second-order valence-corrected chi connectivity index (χ2v) is 8.88. The molecule has 1 aromatic heterocycles. The predicted molar refractivity (Wildman–Crippen MR) is 119 cm³/mol. The van der Waals surface area contributed by atoms with E-state index in [0.29, 0.717) is 17.9 Å². The van der Waals surface area contributed by atoms with Gasteiger partial charge in [0, 0.05) is 22.6 Å². The number of nitrogens with one attached hydrogen (secondary N) is 1. The molecule has 5 nitrogen and oxygen atoms in total. The molecule has 1 fully saturated rings. The van der Waals surface area contributed by atoms with E-state index >= 15 is 0 Å². The number of halogens is 1. The number of anilines is 1. The zero-order valence-electron chi connectivity index (χ0n) is 17.6. The lowest BCUT2D eigenvalue weighted by molar-refractivity contribution is -0.127. The molecule has 0 bridgehead atoms. The van der Waals surface area contributed by atoms with Crippen molar-refractivity contribution in [3.05, 3.63) is 66.1 Å². The minimum atomic E-state index is -1.18. The second kappa shape index (κ2) is 7.52. The van der Waals surface area contributed by atoms with Gasteiger partial charge < -0.3 is 9.88 Å². The molecule has 0 unspecified atom stereocenters. The van der Waals surface area contributed by atoms with Gasteiger partial charge in [-0.3, -0.25) is 14.5 Å². The molecule has 2 aliphatic rings. The molecule has 1 aliphatic heterocycles. The number of benzene rings is 2. The predicted octanol–water partition coefficient (Wildman–Crippen LogP) is 4.65. The average Bonchev–Trinajstić information content (AvgIpc) is 3.13. The Hall–Kier alpha value is -3.15. The van der Waals surface area contributed by atoms with Crippen LogP contribution >= 0.6 is 0 Å². The van der Waals surface area contributed by atoms with E-state index in [9.17, 15) is 14.0 Å². The van der Waals surface area contributed by atoms with E-state index in [1.54, 1.807) is 19.1 Å². The van der Waals surface area contributed by atoms with Crippen molar-refractivity contribution in [3.63, 3.8) is 0 Å². The Morgan fingerprint density at radius 2 is 1.84 bits per heavy atom. The molecule has 1 aliphatic carbocycles. The summed E-state index contributed by atoms with van der Waals surface area (Å²) >= 11 is 0. The van der Waals surface area contributed by atoms with Crippen LogP contribution in [0.15, 0.2) is 54.6 Å². The summed E-state index contributed by atoms with van der Waals surface area (Å²) in [4.78, 5) is 28.8. The Balaban J connectivity index is 1.62. The Morgan fingerprint density at radius 1 is 1.06 bits per heavy atom. The highest BCUT2D eigenvalue weighted by molar-refractivity contribution is 6.14. The van der Waals surface area contributed by atoms with Crippen LogP contribution in [0.4, 0.5) is 10.1 Å². The monoisotopic (exact) mass is 419 g/mol. The van der Waals surface area contributed by atoms with Crippen molar-refractivity contribution in [1.29, 1.82) is 0 Å². The third-order valence-electron chi connectivity index (χ3n) is 6.69. The Kier molecular flexibility index (Phi) is 4.80. The summed E-state index contributed by atoms with van der Waals surface area (Å²) < 4.78 is 16.0. The first-order valence-corrected chi connectivity index (χ1v) is 11.0. The highest BCUT2D eigenvalue weighted by atomic mass is 19.1. The summed E-state index contributed by atoms with van der Waals surface area (Å²) in [5.74, 6) is -0.929. The van der Waals surface area contributed by atoms with Crippen molar-refractivity contribution in [1.82, 2.24) is 9.88 Å². The number of carbonyl (C=O) groups excluding carboxylic acids is 2. The topological polar surface area (TPSA) is 54.3 Å². The number of hydrogen-bond donors (Lipinski definition) is 1. The van der Waals surface area contributed by atoms with Gasteiger partial charge in [0.1, 0.15) is 17.1 Å². The van der Waals surface area contributed by atoms with Gasteiger partial charge in [-0.1, -0.05) is 43.5 Å². The van der Waals surface area contributed by atoms with Crippen LogP contribution in [0.3, 0.4) is 0 Å². The number of carbonyl (C=O) groups is 2. The second-order valence-electron chi connectivity index (χ2n) is 8.88. The van der Waals surface area contributed by atoms with E-state index in [2.05, 4.69) is 5.32 Å². The van der Waals surface area contributed by atoms with Crippen molar-refractivity contribution in [2.24, 2.45) is 0 Å². The summed E-state index contributed by atoms with van der Waals surface area (Å²) in [6.07, 6.45) is 5.29. The van der Waals surface area contributed by atoms with Crippen LogP contribution < -0.4 is 10.2 Å². The molecule has 1 saturated carbocycles. The van der Waals surface area contributed by atoms with E-state index in [1.807, 2.05) is 34.9 Å². The van der Waals surface area contributed by atoms with Crippen molar-refractivity contribution in [2.45, 2.75) is 57.2 Å². The van der Waals surface area contributed by atoms with Crippen LogP contribution in [0.5, 0.6) is 0 Å². The molecule has 31 heavy (non-hydrogen) atoms. The van der Waals surface area contributed by atoms with Crippen molar-refractivity contribution in [3.8, 4) is 0 Å². The first kappa shape index (κ1) is 19.8. The molecule has 2 aromatic carbocycles. The maximum Gasteiger partial charge on any atom is 0.275 e. The standard InChI is InChI=1S/C25H26FN3O2/c1-25(24(31)27-19-10-3-2-4-11-19)16-28-21-13-6-5-8-17(21)14-22(28)23(30)29(25)20-12-7-9-18(26)15-20/h5-9,12-15,19H,2-4,10-11,16H2,1H3,(H,27,31)/t25-/m1/s1. The fraction of sp³-hybridized carbons (Fsp3) is 0.360. The van der Waals surface area contributed by atoms with E-state index in [-0.39, 0.29) is 17.9 Å². The van der Waals surface area contributed by atoms with Crippen LogP contribution in [0.25, 0.3) is 10.9 Å². The lowest BCUT2D eigenvalue weighted by atomic mass is 9.91. The fourth-order valence-electron chi connectivity index (χ4n) is 5.05.